The Labute approximate surface area is 128 Å². The van der Waals surface area contributed by atoms with Gasteiger partial charge >= 0.3 is 6.03 Å². The molecule has 2 amide bonds. The van der Waals surface area contributed by atoms with Crippen molar-refractivity contribution in [3.8, 4) is 0 Å². The van der Waals surface area contributed by atoms with Crippen LogP contribution in [-0.4, -0.2) is 17.1 Å². The van der Waals surface area contributed by atoms with E-state index in [2.05, 4.69) is 27.8 Å². The summed E-state index contributed by atoms with van der Waals surface area (Å²) in [7, 11) is 0. The van der Waals surface area contributed by atoms with E-state index >= 15 is 0 Å². The fourth-order valence-corrected chi connectivity index (χ4v) is 2.88. The maximum absolute atomic E-state index is 12.1. The Balaban J connectivity index is 1.37. The molecule has 0 radical (unpaired) electrons. The monoisotopic (exact) mass is 291 g/mol. The lowest BCUT2D eigenvalue weighted by Gasteiger charge is -2.07. The van der Waals surface area contributed by atoms with Gasteiger partial charge in [-0.2, -0.15) is 0 Å². The lowest BCUT2D eigenvalue weighted by molar-refractivity contribution is 0.251. The van der Waals surface area contributed by atoms with E-state index in [0.29, 0.717) is 5.92 Å². The van der Waals surface area contributed by atoms with Crippen molar-refractivity contribution in [3.05, 3.63) is 66.4 Å². The summed E-state index contributed by atoms with van der Waals surface area (Å²) in [6.07, 6.45) is 2.90. The Morgan fingerprint density at radius 3 is 2.82 bits per heavy atom. The number of benzene rings is 2. The Hall–Kier alpha value is -2.75. The average Bonchev–Trinajstić information content (AvgIpc) is 3.13. The minimum Gasteiger partial charge on any atom is -0.361 e. The molecule has 1 saturated carbocycles. The Morgan fingerprint density at radius 1 is 1.09 bits per heavy atom. The Kier molecular flexibility index (Phi) is 3.07. The molecule has 2 atom stereocenters. The van der Waals surface area contributed by atoms with E-state index in [1.54, 1.807) is 0 Å². The van der Waals surface area contributed by atoms with E-state index in [0.717, 1.165) is 23.0 Å². The molecule has 4 rings (SSSR count). The molecule has 1 aliphatic rings. The van der Waals surface area contributed by atoms with E-state index in [1.165, 1.54) is 5.56 Å². The van der Waals surface area contributed by atoms with Crippen LogP contribution in [0.2, 0.25) is 0 Å². The van der Waals surface area contributed by atoms with Crippen LogP contribution >= 0.6 is 0 Å². The van der Waals surface area contributed by atoms with Gasteiger partial charge in [0.05, 0.1) is 0 Å². The molecule has 22 heavy (non-hydrogen) atoms. The van der Waals surface area contributed by atoms with Crippen LogP contribution in [0.15, 0.2) is 60.8 Å². The fourth-order valence-electron chi connectivity index (χ4n) is 2.88. The summed E-state index contributed by atoms with van der Waals surface area (Å²) in [5, 5.41) is 7.07. The highest BCUT2D eigenvalue weighted by Crippen LogP contribution is 2.40. The zero-order valence-corrected chi connectivity index (χ0v) is 12.0. The topological polar surface area (TPSA) is 56.9 Å². The number of hydrogen-bond acceptors (Lipinski definition) is 1. The predicted molar refractivity (Wildman–Crippen MR) is 88.0 cm³/mol. The second-order valence-corrected chi connectivity index (χ2v) is 5.74. The Morgan fingerprint density at radius 2 is 1.95 bits per heavy atom. The molecule has 3 N–H and O–H groups in total. The van der Waals surface area contributed by atoms with Crippen LogP contribution in [0.5, 0.6) is 0 Å². The number of anilines is 1. The second kappa shape index (κ2) is 5.22. The molecule has 4 heteroatoms. The molecule has 110 valence electrons. The van der Waals surface area contributed by atoms with Gasteiger partial charge in [-0.1, -0.05) is 36.4 Å². The maximum atomic E-state index is 12.1. The first-order valence-corrected chi connectivity index (χ1v) is 7.49. The SMILES string of the molecule is O=C(Nc1ccc2cc[nH]c2c1)N[C@@H]1C[C@H]1c1ccccc1. The molecule has 0 spiro atoms. The van der Waals surface area contributed by atoms with E-state index in [9.17, 15) is 4.79 Å². The van der Waals surface area contributed by atoms with Crippen LogP contribution < -0.4 is 10.6 Å². The number of amides is 2. The number of rotatable bonds is 3. The highest BCUT2D eigenvalue weighted by molar-refractivity contribution is 5.93. The molecule has 0 aliphatic heterocycles. The van der Waals surface area contributed by atoms with E-state index in [1.807, 2.05) is 48.7 Å². The number of H-pyrrole nitrogens is 1. The second-order valence-electron chi connectivity index (χ2n) is 5.74. The molecule has 4 nitrogen and oxygen atoms in total. The summed E-state index contributed by atoms with van der Waals surface area (Å²) in [5.41, 5.74) is 3.11. The van der Waals surface area contributed by atoms with Gasteiger partial charge in [0.1, 0.15) is 0 Å². The summed E-state index contributed by atoms with van der Waals surface area (Å²) in [6, 6.07) is 18.3. The van der Waals surface area contributed by atoms with Crippen LogP contribution in [0.1, 0.15) is 17.9 Å². The number of aromatic amines is 1. The third-order valence-corrected chi connectivity index (χ3v) is 4.15. The number of carbonyl (C=O) groups excluding carboxylic acids is 1. The van der Waals surface area contributed by atoms with Crippen LogP contribution in [0.4, 0.5) is 10.5 Å². The van der Waals surface area contributed by atoms with Crippen molar-refractivity contribution in [1.29, 1.82) is 0 Å². The highest BCUT2D eigenvalue weighted by Gasteiger charge is 2.39. The molecule has 1 fully saturated rings. The first-order valence-electron chi connectivity index (χ1n) is 7.49. The fraction of sp³-hybridized carbons (Fsp3) is 0.167. The first-order chi connectivity index (χ1) is 10.8. The quantitative estimate of drug-likeness (QED) is 0.674. The summed E-state index contributed by atoms with van der Waals surface area (Å²) in [5.74, 6) is 0.442. The van der Waals surface area contributed by atoms with Crippen molar-refractivity contribution < 1.29 is 4.79 Å². The van der Waals surface area contributed by atoms with Gasteiger partial charge < -0.3 is 15.6 Å². The third kappa shape index (κ3) is 2.55. The molecular weight excluding hydrogens is 274 g/mol. The molecule has 0 saturated heterocycles. The van der Waals surface area contributed by atoms with Gasteiger partial charge in [-0.05, 0) is 35.6 Å². The molecule has 1 aliphatic carbocycles. The molecule has 3 aromatic rings. The van der Waals surface area contributed by atoms with Crippen molar-refractivity contribution >= 4 is 22.6 Å². The van der Waals surface area contributed by atoms with Crippen molar-refractivity contribution in [2.75, 3.05) is 5.32 Å². The largest absolute Gasteiger partial charge is 0.361 e. The van der Waals surface area contributed by atoms with Crippen LogP contribution in [0.3, 0.4) is 0 Å². The van der Waals surface area contributed by atoms with Crippen LogP contribution in [0, 0.1) is 0 Å². The normalized spacial score (nSPS) is 19.8. The van der Waals surface area contributed by atoms with Crippen molar-refractivity contribution in [2.24, 2.45) is 0 Å². The number of fused-ring (bicyclic) bond motifs is 1. The van der Waals surface area contributed by atoms with Crippen molar-refractivity contribution in [2.45, 2.75) is 18.4 Å². The predicted octanol–water partition coefficient (Wildman–Crippen LogP) is 3.85. The van der Waals surface area contributed by atoms with Gasteiger partial charge in [0.25, 0.3) is 0 Å². The number of urea groups is 1. The summed E-state index contributed by atoms with van der Waals surface area (Å²) < 4.78 is 0. The number of nitrogens with one attached hydrogen (secondary N) is 3. The molecular formula is C18H17N3O. The van der Waals surface area contributed by atoms with Gasteiger partial charge in [-0.15, -0.1) is 0 Å². The summed E-state index contributed by atoms with van der Waals surface area (Å²) in [4.78, 5) is 15.2. The van der Waals surface area contributed by atoms with Crippen LogP contribution in [0.25, 0.3) is 10.9 Å². The minimum atomic E-state index is -0.144. The molecule has 0 unspecified atom stereocenters. The van der Waals surface area contributed by atoms with E-state index in [-0.39, 0.29) is 12.1 Å². The standard InChI is InChI=1S/C18H17N3O/c22-18(20-14-7-6-13-8-9-19-16(13)10-14)21-17-11-15(17)12-4-2-1-3-5-12/h1-10,15,17,19H,11H2,(H2,20,21,22)/t15-,17+/m0/s1. The lowest BCUT2D eigenvalue weighted by Crippen LogP contribution is -2.31. The molecule has 1 heterocycles. The molecule has 1 aromatic heterocycles. The van der Waals surface area contributed by atoms with E-state index in [4.69, 9.17) is 0 Å². The third-order valence-electron chi connectivity index (χ3n) is 4.15. The number of hydrogen-bond donors (Lipinski definition) is 3. The van der Waals surface area contributed by atoms with Gasteiger partial charge in [0.15, 0.2) is 0 Å². The van der Waals surface area contributed by atoms with Gasteiger partial charge in [-0.25, -0.2) is 4.79 Å². The molecule has 2 aromatic carbocycles. The highest BCUT2D eigenvalue weighted by atomic mass is 16.2. The molecule has 0 bridgehead atoms. The van der Waals surface area contributed by atoms with Crippen LogP contribution in [-0.2, 0) is 0 Å². The zero-order valence-electron chi connectivity index (χ0n) is 12.0. The maximum Gasteiger partial charge on any atom is 0.319 e. The average molecular weight is 291 g/mol. The van der Waals surface area contributed by atoms with Gasteiger partial charge in [-0.3, -0.25) is 0 Å². The number of aromatic nitrogens is 1. The minimum absolute atomic E-state index is 0.144. The van der Waals surface area contributed by atoms with Gasteiger partial charge in [0.2, 0.25) is 0 Å². The van der Waals surface area contributed by atoms with E-state index < -0.39 is 0 Å². The lowest BCUT2D eigenvalue weighted by atomic mass is 10.1. The first kappa shape index (κ1) is 13.0. The number of carbonyl (C=O) groups is 1. The summed E-state index contributed by atoms with van der Waals surface area (Å²) >= 11 is 0. The zero-order chi connectivity index (χ0) is 14.9. The Bertz CT molecular complexity index is 809. The van der Waals surface area contributed by atoms with Crippen molar-refractivity contribution in [1.82, 2.24) is 10.3 Å². The van der Waals surface area contributed by atoms with Gasteiger partial charge in [0, 0.05) is 29.4 Å². The van der Waals surface area contributed by atoms with Crippen molar-refractivity contribution in [3.63, 3.8) is 0 Å². The smallest absolute Gasteiger partial charge is 0.319 e. The summed E-state index contributed by atoms with van der Waals surface area (Å²) in [6.45, 7) is 0.